The number of hydrogen-bond donors (Lipinski definition) is 0. The average molecular weight is 244 g/mol. The fourth-order valence-electron chi connectivity index (χ4n) is 2.38. The van der Waals surface area contributed by atoms with Crippen molar-refractivity contribution in [3.63, 3.8) is 0 Å². The van der Waals surface area contributed by atoms with Gasteiger partial charge in [0.1, 0.15) is 5.78 Å². The van der Waals surface area contributed by atoms with Crippen LogP contribution in [0, 0.1) is 0 Å². The first-order chi connectivity index (χ1) is 8.59. The van der Waals surface area contributed by atoms with Crippen molar-refractivity contribution < 1.29 is 4.79 Å². The number of rotatable bonds is 2. The monoisotopic (exact) mass is 244 g/mol. The maximum Gasteiger partial charge on any atom is 0.140 e. The van der Waals surface area contributed by atoms with Crippen LogP contribution in [0.5, 0.6) is 0 Å². The minimum Gasteiger partial charge on any atom is -0.376 e. The lowest BCUT2D eigenvalue weighted by atomic mass is 10.0. The Bertz CT molecular complexity index is 463. The molecule has 1 aromatic carbocycles. The molecule has 1 heterocycles. The van der Waals surface area contributed by atoms with Gasteiger partial charge in [0.05, 0.1) is 5.70 Å². The van der Waals surface area contributed by atoms with Crippen LogP contribution in [-0.2, 0) is 4.79 Å². The molecule has 2 rings (SSSR count). The Kier molecular flexibility index (Phi) is 3.70. The highest BCUT2D eigenvalue weighted by molar-refractivity contribution is 5.85. The second-order valence-electron chi connectivity index (χ2n) is 4.94. The number of benzene rings is 1. The van der Waals surface area contributed by atoms with Gasteiger partial charge in [0, 0.05) is 46.2 Å². The molecule has 1 aliphatic rings. The SMILES string of the molecule is CN(C)C(=C1CC(=O)CCN1C)c1ccccc1. The predicted octanol–water partition coefficient (Wildman–Crippen LogP) is 2.21. The molecule has 96 valence electrons. The number of allylic oxidation sites excluding steroid dienone is 1. The number of piperidine rings is 1. The van der Waals surface area contributed by atoms with Gasteiger partial charge in [-0.05, 0) is 5.56 Å². The van der Waals surface area contributed by atoms with Gasteiger partial charge in [-0.2, -0.15) is 0 Å². The van der Waals surface area contributed by atoms with Crippen LogP contribution in [-0.4, -0.2) is 43.3 Å². The second-order valence-corrected chi connectivity index (χ2v) is 4.94. The van der Waals surface area contributed by atoms with E-state index in [1.807, 2.05) is 32.3 Å². The molecule has 1 saturated heterocycles. The van der Waals surface area contributed by atoms with Crippen molar-refractivity contribution in [3.05, 3.63) is 41.6 Å². The maximum atomic E-state index is 11.7. The van der Waals surface area contributed by atoms with E-state index in [1.54, 1.807) is 0 Å². The molecule has 0 bridgehead atoms. The molecule has 0 aliphatic carbocycles. The van der Waals surface area contributed by atoms with Crippen LogP contribution >= 0.6 is 0 Å². The summed E-state index contributed by atoms with van der Waals surface area (Å²) < 4.78 is 0. The van der Waals surface area contributed by atoms with Crippen molar-refractivity contribution in [2.45, 2.75) is 12.8 Å². The highest BCUT2D eigenvalue weighted by atomic mass is 16.1. The van der Waals surface area contributed by atoms with Gasteiger partial charge in [0.15, 0.2) is 0 Å². The summed E-state index contributed by atoms with van der Waals surface area (Å²) in [6.45, 7) is 0.818. The molecule has 0 amide bonds. The van der Waals surface area contributed by atoms with Crippen molar-refractivity contribution in [1.29, 1.82) is 0 Å². The predicted molar refractivity (Wildman–Crippen MR) is 73.9 cm³/mol. The summed E-state index contributed by atoms with van der Waals surface area (Å²) in [7, 11) is 6.12. The Labute approximate surface area is 109 Å². The summed E-state index contributed by atoms with van der Waals surface area (Å²) in [4.78, 5) is 16.0. The topological polar surface area (TPSA) is 23.6 Å². The van der Waals surface area contributed by atoms with E-state index in [1.165, 1.54) is 5.56 Å². The van der Waals surface area contributed by atoms with Crippen LogP contribution in [0.2, 0.25) is 0 Å². The van der Waals surface area contributed by atoms with Gasteiger partial charge < -0.3 is 9.80 Å². The molecule has 0 radical (unpaired) electrons. The highest BCUT2D eigenvalue weighted by Crippen LogP contribution is 2.27. The van der Waals surface area contributed by atoms with E-state index in [0.717, 1.165) is 17.9 Å². The van der Waals surface area contributed by atoms with Crippen molar-refractivity contribution in [3.8, 4) is 0 Å². The van der Waals surface area contributed by atoms with E-state index >= 15 is 0 Å². The number of nitrogens with zero attached hydrogens (tertiary/aromatic N) is 2. The molecule has 0 N–H and O–H groups in total. The Morgan fingerprint density at radius 2 is 1.89 bits per heavy atom. The van der Waals surface area contributed by atoms with Gasteiger partial charge >= 0.3 is 0 Å². The molecule has 3 heteroatoms. The number of carbonyl (C=O) groups excluding carboxylic acids is 1. The van der Waals surface area contributed by atoms with E-state index in [-0.39, 0.29) is 0 Å². The molecule has 1 aliphatic heterocycles. The molecular formula is C15H20N2O. The van der Waals surface area contributed by atoms with Gasteiger partial charge in [-0.25, -0.2) is 0 Å². The van der Waals surface area contributed by atoms with Crippen molar-refractivity contribution in [2.24, 2.45) is 0 Å². The van der Waals surface area contributed by atoms with Crippen LogP contribution in [0.3, 0.4) is 0 Å². The first kappa shape index (κ1) is 12.7. The lowest BCUT2D eigenvalue weighted by molar-refractivity contribution is -0.120. The molecule has 1 fully saturated rings. The molecule has 0 atom stereocenters. The maximum absolute atomic E-state index is 11.7. The average Bonchev–Trinajstić information content (AvgIpc) is 2.35. The van der Waals surface area contributed by atoms with Crippen molar-refractivity contribution in [1.82, 2.24) is 9.80 Å². The minimum absolute atomic E-state index is 0.332. The summed E-state index contributed by atoms with van der Waals surface area (Å²) in [6.07, 6.45) is 1.20. The third-order valence-electron chi connectivity index (χ3n) is 3.32. The number of Topliss-reactive ketones (excluding diaryl/α,β-unsaturated/α-hetero) is 1. The van der Waals surface area contributed by atoms with Crippen LogP contribution in [0.15, 0.2) is 36.0 Å². The number of likely N-dealkylation sites (tertiary alicyclic amines) is 1. The highest BCUT2D eigenvalue weighted by Gasteiger charge is 2.22. The zero-order valence-electron chi connectivity index (χ0n) is 11.3. The standard InChI is InChI=1S/C15H20N2O/c1-16(2)15(12-7-5-4-6-8-12)14-11-13(18)9-10-17(14)3/h4-8H,9-11H2,1-3H3. The Morgan fingerprint density at radius 3 is 2.50 bits per heavy atom. The molecule has 0 saturated carbocycles. The summed E-state index contributed by atoms with van der Waals surface area (Å²) in [5, 5.41) is 0. The third kappa shape index (κ3) is 2.55. The second kappa shape index (κ2) is 5.25. The fourth-order valence-corrected chi connectivity index (χ4v) is 2.38. The summed E-state index contributed by atoms with van der Waals surface area (Å²) >= 11 is 0. The zero-order chi connectivity index (χ0) is 13.1. The Hall–Kier alpha value is -1.77. The van der Waals surface area contributed by atoms with Gasteiger partial charge in [-0.1, -0.05) is 30.3 Å². The van der Waals surface area contributed by atoms with Crippen molar-refractivity contribution in [2.75, 3.05) is 27.7 Å². The molecule has 18 heavy (non-hydrogen) atoms. The van der Waals surface area contributed by atoms with Crippen LogP contribution in [0.4, 0.5) is 0 Å². The Morgan fingerprint density at radius 1 is 1.22 bits per heavy atom. The number of ketones is 1. The molecule has 3 nitrogen and oxygen atoms in total. The normalized spacial score (nSPS) is 18.8. The van der Waals surface area contributed by atoms with Gasteiger partial charge in [-0.15, -0.1) is 0 Å². The third-order valence-corrected chi connectivity index (χ3v) is 3.32. The molecule has 1 aromatic rings. The van der Waals surface area contributed by atoms with Gasteiger partial charge in [0.25, 0.3) is 0 Å². The van der Waals surface area contributed by atoms with Gasteiger partial charge in [-0.3, -0.25) is 4.79 Å². The van der Waals surface area contributed by atoms with Crippen LogP contribution in [0.1, 0.15) is 18.4 Å². The summed E-state index contributed by atoms with van der Waals surface area (Å²) in [6, 6.07) is 10.3. The van der Waals surface area contributed by atoms with E-state index < -0.39 is 0 Å². The Balaban J connectivity index is 2.48. The fraction of sp³-hybridized carbons (Fsp3) is 0.400. The van der Waals surface area contributed by atoms with Crippen LogP contribution in [0.25, 0.3) is 5.70 Å². The molecular weight excluding hydrogens is 224 g/mol. The zero-order valence-corrected chi connectivity index (χ0v) is 11.3. The lowest BCUT2D eigenvalue weighted by Crippen LogP contribution is -2.31. The van der Waals surface area contributed by atoms with Gasteiger partial charge in [0.2, 0.25) is 0 Å². The number of hydrogen-bond acceptors (Lipinski definition) is 3. The summed E-state index contributed by atoms with van der Waals surface area (Å²) in [5.74, 6) is 0.332. The smallest absolute Gasteiger partial charge is 0.140 e. The molecule has 0 aromatic heterocycles. The number of carbonyl (C=O) groups is 1. The van der Waals surface area contributed by atoms with E-state index in [0.29, 0.717) is 18.6 Å². The van der Waals surface area contributed by atoms with E-state index in [4.69, 9.17) is 0 Å². The molecule has 0 spiro atoms. The van der Waals surface area contributed by atoms with E-state index in [9.17, 15) is 4.79 Å². The van der Waals surface area contributed by atoms with E-state index in [2.05, 4.69) is 29.0 Å². The molecule has 0 unspecified atom stereocenters. The summed E-state index contributed by atoms with van der Waals surface area (Å²) in [5.41, 5.74) is 3.44. The quantitative estimate of drug-likeness (QED) is 0.797. The lowest BCUT2D eigenvalue weighted by Gasteiger charge is -2.32. The first-order valence-electron chi connectivity index (χ1n) is 6.28. The van der Waals surface area contributed by atoms with Crippen LogP contribution < -0.4 is 0 Å². The largest absolute Gasteiger partial charge is 0.376 e. The first-order valence-corrected chi connectivity index (χ1v) is 6.28. The van der Waals surface area contributed by atoms with Crippen molar-refractivity contribution >= 4 is 11.5 Å². The minimum atomic E-state index is 0.332.